The van der Waals surface area contributed by atoms with Crippen molar-refractivity contribution in [1.29, 1.82) is 0 Å². The normalized spacial score (nSPS) is 12.4. The summed E-state index contributed by atoms with van der Waals surface area (Å²) in [6, 6.07) is 14.5. The van der Waals surface area contributed by atoms with Crippen LogP contribution in [0.25, 0.3) is 11.3 Å². The fourth-order valence-electron chi connectivity index (χ4n) is 3.53. The molecule has 3 rings (SSSR count). The molecule has 0 saturated heterocycles. The lowest BCUT2D eigenvalue weighted by Crippen LogP contribution is -2.47. The second-order valence-corrected chi connectivity index (χ2v) is 10.9. The molecule has 0 saturated carbocycles. The standard InChI is InChI=1S/C27H33N3O3S/c1-16(2)22(28-24(31)19-8-12-20(13-9-19)27(4,5)6)25(32)30-26-29-23(17(3)34-26)18-10-14-21(33-7)15-11-18/h8-16,22H,1-7H3,(H,28,31)(H,29,30,32)/t22-/m0/s1. The van der Waals surface area contributed by atoms with Gasteiger partial charge in [0.25, 0.3) is 5.91 Å². The predicted molar refractivity (Wildman–Crippen MR) is 139 cm³/mol. The van der Waals surface area contributed by atoms with Crippen LogP contribution < -0.4 is 15.4 Å². The van der Waals surface area contributed by atoms with Crippen molar-refractivity contribution < 1.29 is 14.3 Å². The number of rotatable bonds is 7. The van der Waals surface area contributed by atoms with Gasteiger partial charge in [0.05, 0.1) is 12.8 Å². The van der Waals surface area contributed by atoms with Gasteiger partial charge < -0.3 is 15.4 Å². The zero-order valence-electron chi connectivity index (χ0n) is 20.9. The summed E-state index contributed by atoms with van der Waals surface area (Å²) < 4.78 is 5.22. The smallest absolute Gasteiger partial charge is 0.251 e. The van der Waals surface area contributed by atoms with Crippen LogP contribution in [0.3, 0.4) is 0 Å². The Hall–Kier alpha value is -3.19. The number of ether oxygens (including phenoxy) is 1. The first-order chi connectivity index (χ1) is 16.0. The average molecular weight is 480 g/mol. The van der Waals surface area contributed by atoms with E-state index in [9.17, 15) is 9.59 Å². The molecule has 0 fully saturated rings. The van der Waals surface area contributed by atoms with Crippen LogP contribution in [0.15, 0.2) is 48.5 Å². The van der Waals surface area contributed by atoms with Crippen molar-refractivity contribution in [2.45, 2.75) is 53.0 Å². The molecule has 0 radical (unpaired) electrons. The first-order valence-electron chi connectivity index (χ1n) is 11.3. The molecule has 0 unspecified atom stereocenters. The molecule has 0 aliphatic carbocycles. The van der Waals surface area contributed by atoms with Crippen LogP contribution in [0.5, 0.6) is 5.75 Å². The zero-order chi connectivity index (χ0) is 25.0. The SMILES string of the molecule is COc1ccc(-c2nc(NC(=O)[C@@H](NC(=O)c3ccc(C(C)(C)C)cc3)C(C)C)sc2C)cc1. The van der Waals surface area contributed by atoms with Crippen LogP contribution in [0, 0.1) is 12.8 Å². The number of thiazole rings is 1. The Morgan fingerprint density at radius 3 is 2.15 bits per heavy atom. The van der Waals surface area contributed by atoms with E-state index in [1.54, 1.807) is 19.2 Å². The number of carbonyl (C=O) groups excluding carboxylic acids is 2. The van der Waals surface area contributed by atoms with Crippen molar-refractivity contribution in [3.8, 4) is 17.0 Å². The lowest BCUT2D eigenvalue weighted by atomic mass is 9.86. The van der Waals surface area contributed by atoms with Gasteiger partial charge in [-0.3, -0.25) is 9.59 Å². The summed E-state index contributed by atoms with van der Waals surface area (Å²) in [7, 11) is 1.63. The van der Waals surface area contributed by atoms with Gasteiger partial charge in [0.2, 0.25) is 5.91 Å². The van der Waals surface area contributed by atoms with Crippen molar-refractivity contribution in [1.82, 2.24) is 10.3 Å². The molecule has 1 aromatic heterocycles. The molecule has 3 aromatic rings. The van der Waals surface area contributed by atoms with Crippen LogP contribution in [-0.2, 0) is 10.2 Å². The van der Waals surface area contributed by atoms with Crippen LogP contribution in [0.4, 0.5) is 5.13 Å². The number of anilines is 1. The third-order valence-corrected chi connectivity index (χ3v) is 6.53. The summed E-state index contributed by atoms with van der Waals surface area (Å²) in [5.41, 5.74) is 3.44. The molecule has 34 heavy (non-hydrogen) atoms. The van der Waals surface area contributed by atoms with E-state index in [4.69, 9.17) is 4.74 Å². The number of carbonyl (C=O) groups is 2. The highest BCUT2D eigenvalue weighted by atomic mass is 32.1. The molecular weight excluding hydrogens is 446 g/mol. The zero-order valence-corrected chi connectivity index (χ0v) is 21.7. The number of nitrogens with zero attached hydrogens (tertiary/aromatic N) is 1. The summed E-state index contributed by atoms with van der Waals surface area (Å²) in [6.07, 6.45) is 0. The summed E-state index contributed by atoms with van der Waals surface area (Å²) in [5, 5.41) is 6.28. The minimum atomic E-state index is -0.691. The Bertz CT molecular complexity index is 1140. The Morgan fingerprint density at radius 1 is 1.00 bits per heavy atom. The number of hydrogen-bond acceptors (Lipinski definition) is 5. The summed E-state index contributed by atoms with van der Waals surface area (Å²) >= 11 is 1.41. The predicted octanol–water partition coefficient (Wildman–Crippen LogP) is 5.82. The number of aromatic nitrogens is 1. The minimum absolute atomic E-state index is 0.00582. The maximum absolute atomic E-state index is 13.1. The number of amides is 2. The largest absolute Gasteiger partial charge is 0.497 e. The topological polar surface area (TPSA) is 80.3 Å². The van der Waals surface area contributed by atoms with E-state index in [0.717, 1.165) is 27.4 Å². The van der Waals surface area contributed by atoms with Crippen LogP contribution in [0.1, 0.15) is 55.4 Å². The second-order valence-electron chi connectivity index (χ2n) is 9.66. The van der Waals surface area contributed by atoms with Gasteiger partial charge in [0.1, 0.15) is 11.8 Å². The van der Waals surface area contributed by atoms with Gasteiger partial charge in [0, 0.05) is 16.0 Å². The van der Waals surface area contributed by atoms with Crippen molar-refractivity contribution in [2.75, 3.05) is 12.4 Å². The number of methoxy groups -OCH3 is 1. The summed E-state index contributed by atoms with van der Waals surface area (Å²) in [6.45, 7) is 12.2. The highest BCUT2D eigenvalue weighted by Crippen LogP contribution is 2.31. The number of hydrogen-bond donors (Lipinski definition) is 2. The molecular formula is C27H33N3O3S. The van der Waals surface area contributed by atoms with Gasteiger partial charge >= 0.3 is 0 Å². The molecule has 1 heterocycles. The monoisotopic (exact) mass is 479 g/mol. The van der Waals surface area contributed by atoms with E-state index in [-0.39, 0.29) is 23.1 Å². The number of aryl methyl sites for hydroxylation is 1. The van der Waals surface area contributed by atoms with Crippen molar-refractivity contribution >= 4 is 28.3 Å². The van der Waals surface area contributed by atoms with Gasteiger partial charge in [-0.25, -0.2) is 4.98 Å². The molecule has 0 bridgehead atoms. The van der Waals surface area contributed by atoms with Gasteiger partial charge in [0.15, 0.2) is 5.13 Å². The highest BCUT2D eigenvalue weighted by Gasteiger charge is 2.26. The maximum Gasteiger partial charge on any atom is 0.251 e. The number of benzene rings is 2. The Morgan fingerprint density at radius 2 is 1.62 bits per heavy atom. The molecule has 1 atom stereocenters. The average Bonchev–Trinajstić information content (AvgIpc) is 3.16. The maximum atomic E-state index is 13.1. The molecule has 2 amide bonds. The Labute approximate surface area is 205 Å². The van der Waals surface area contributed by atoms with E-state index in [2.05, 4.69) is 36.4 Å². The third-order valence-electron chi connectivity index (χ3n) is 5.64. The Balaban J connectivity index is 1.72. The lowest BCUT2D eigenvalue weighted by Gasteiger charge is -2.22. The van der Waals surface area contributed by atoms with Gasteiger partial charge in [-0.15, -0.1) is 11.3 Å². The summed E-state index contributed by atoms with van der Waals surface area (Å²) in [5.74, 6) is 0.113. The Kier molecular flexibility index (Phi) is 7.77. The minimum Gasteiger partial charge on any atom is -0.497 e. The van der Waals surface area contributed by atoms with Crippen LogP contribution in [-0.4, -0.2) is 29.9 Å². The van der Waals surface area contributed by atoms with Gasteiger partial charge in [-0.2, -0.15) is 0 Å². The molecule has 7 heteroatoms. The second kappa shape index (κ2) is 10.4. The van der Waals surface area contributed by atoms with E-state index in [0.29, 0.717) is 10.7 Å². The molecule has 0 aliphatic rings. The van der Waals surface area contributed by atoms with E-state index >= 15 is 0 Å². The van der Waals surface area contributed by atoms with Crippen molar-refractivity contribution in [3.05, 3.63) is 64.5 Å². The fraction of sp³-hybridized carbons (Fsp3) is 0.370. The molecule has 0 aliphatic heterocycles. The first-order valence-corrected chi connectivity index (χ1v) is 12.2. The van der Waals surface area contributed by atoms with E-state index in [1.807, 2.05) is 57.2 Å². The van der Waals surface area contributed by atoms with Gasteiger partial charge in [-0.05, 0) is 60.2 Å². The lowest BCUT2D eigenvalue weighted by molar-refractivity contribution is -0.118. The van der Waals surface area contributed by atoms with Gasteiger partial charge in [-0.1, -0.05) is 46.8 Å². The van der Waals surface area contributed by atoms with Crippen molar-refractivity contribution in [2.24, 2.45) is 5.92 Å². The quantitative estimate of drug-likeness (QED) is 0.448. The number of nitrogens with one attached hydrogen (secondary N) is 2. The molecule has 2 aromatic carbocycles. The van der Waals surface area contributed by atoms with E-state index < -0.39 is 6.04 Å². The fourth-order valence-corrected chi connectivity index (χ4v) is 4.37. The van der Waals surface area contributed by atoms with Crippen LogP contribution in [0.2, 0.25) is 0 Å². The molecule has 180 valence electrons. The highest BCUT2D eigenvalue weighted by molar-refractivity contribution is 7.16. The molecule has 2 N–H and O–H groups in total. The van der Waals surface area contributed by atoms with Crippen molar-refractivity contribution in [3.63, 3.8) is 0 Å². The van der Waals surface area contributed by atoms with E-state index in [1.165, 1.54) is 11.3 Å². The van der Waals surface area contributed by atoms with Crippen LogP contribution >= 0.6 is 11.3 Å². The molecule has 6 nitrogen and oxygen atoms in total. The molecule has 0 spiro atoms. The first kappa shape index (κ1) is 25.4. The summed E-state index contributed by atoms with van der Waals surface area (Å²) in [4.78, 5) is 31.5. The third kappa shape index (κ3) is 6.03.